The number of aromatic nitrogens is 1. The van der Waals surface area contributed by atoms with Gasteiger partial charge in [-0.25, -0.2) is 0 Å². The molecule has 0 radical (unpaired) electrons. The molecule has 3 heterocycles. The summed E-state index contributed by atoms with van der Waals surface area (Å²) in [5.41, 5.74) is 17.6. The summed E-state index contributed by atoms with van der Waals surface area (Å²) >= 11 is 0. The van der Waals surface area contributed by atoms with E-state index in [1.165, 1.54) is 21.9 Å². The first-order valence-electron chi connectivity index (χ1n) is 27.2. The summed E-state index contributed by atoms with van der Waals surface area (Å²) in [7, 11) is -1.56. The average Bonchev–Trinajstić information content (AvgIpc) is 4.26. The monoisotopic (exact) mass is 1190 g/mol. The minimum Gasteiger partial charge on any atom is -0.660 e. The first-order valence-corrected chi connectivity index (χ1v) is 29.7. The van der Waals surface area contributed by atoms with Crippen molar-refractivity contribution in [2.45, 2.75) is 85.1 Å². The van der Waals surface area contributed by atoms with Crippen LogP contribution < -0.4 is 10.1 Å². The average molecular weight is 1190 g/mol. The topological polar surface area (TPSA) is 43.4 Å². The first-order chi connectivity index (χ1) is 36.9. The molecule has 0 saturated heterocycles. The quantitative estimate of drug-likeness (QED) is 0.101. The Bertz CT molecular complexity index is 3930. The van der Waals surface area contributed by atoms with Crippen LogP contribution in [0.4, 0.5) is 17.1 Å². The van der Waals surface area contributed by atoms with Crippen molar-refractivity contribution in [3.05, 3.63) is 240 Å². The fourth-order valence-electron chi connectivity index (χ4n) is 10.5. The Kier molecular flexibility index (Phi) is 14.2. The van der Waals surface area contributed by atoms with Crippen LogP contribution in [-0.4, -0.2) is 13.1 Å². The molecule has 0 spiro atoms. The van der Waals surface area contributed by atoms with Crippen molar-refractivity contribution in [1.29, 1.82) is 0 Å². The van der Waals surface area contributed by atoms with E-state index in [-0.39, 0.29) is 20.1 Å². The molecule has 9 aromatic carbocycles. The second kappa shape index (κ2) is 21.7. The Balaban J connectivity index is 0.000000233. The van der Waals surface area contributed by atoms with Crippen LogP contribution in [0.3, 0.4) is 0 Å². The summed E-state index contributed by atoms with van der Waals surface area (Å²) in [4.78, 5) is 7.06. The maximum absolute atomic E-state index is 8.53. The molecule has 2 aromatic heterocycles. The maximum Gasteiger partial charge on any atom is 3.00 e. The molecule has 11 aromatic rings. The third-order valence-corrected chi connectivity index (χ3v) is 16.6. The van der Waals surface area contributed by atoms with Crippen molar-refractivity contribution in [3.8, 4) is 44.6 Å². The number of rotatable bonds is 10. The fourth-order valence-corrected chi connectivity index (χ4v) is 12.1. The molecule has 1 aliphatic rings. The van der Waals surface area contributed by atoms with E-state index in [0.29, 0.717) is 5.92 Å². The van der Waals surface area contributed by atoms with E-state index in [1.807, 2.05) is 52.1 Å². The van der Waals surface area contributed by atoms with Crippen molar-refractivity contribution in [3.63, 3.8) is 0 Å². The molecule has 76 heavy (non-hydrogen) atoms. The first kappa shape index (κ1) is 49.5. The largest absolute Gasteiger partial charge is 3.00 e. The Labute approximate surface area is 467 Å². The Morgan fingerprint density at radius 2 is 1.24 bits per heavy atom. The molecule has 12 rings (SSSR count). The summed E-state index contributed by atoms with van der Waals surface area (Å²) in [5, 5.41) is 11.4. The number of nitrogens with zero attached hydrogens (tertiary/aromatic N) is 3. The SMILES string of the molecule is CC(C)c1ccc2c(c1)oc1c(C3[N-]c4c(ccc5ccccc45)N3c3ccc(-c4ccccc4)cc3-c3ccccc3)[c-]cc(-c3ccccc3)c12.[2H]C(C)(C)c1c[c-]c(-c2cc(C([2H])(C)C)c([Si](C)(C)C)cn2)cc1.[Ir+3]. The zero-order valence-electron chi connectivity index (χ0n) is 46.8. The summed E-state index contributed by atoms with van der Waals surface area (Å²) < 4.78 is 23.6. The van der Waals surface area contributed by atoms with Crippen LogP contribution in [-0.2, 0) is 20.1 Å². The van der Waals surface area contributed by atoms with Crippen molar-refractivity contribution < 1.29 is 27.3 Å². The molecule has 4 nitrogen and oxygen atoms in total. The van der Waals surface area contributed by atoms with Gasteiger partial charge in [0, 0.05) is 36.8 Å². The van der Waals surface area contributed by atoms with Crippen LogP contribution in [0.15, 0.2) is 205 Å². The van der Waals surface area contributed by atoms with Crippen molar-refractivity contribution >= 4 is 63.0 Å². The molecule has 378 valence electrons. The molecule has 0 N–H and O–H groups in total. The minimum absolute atomic E-state index is 0. The van der Waals surface area contributed by atoms with Gasteiger partial charge >= 0.3 is 20.1 Å². The van der Waals surface area contributed by atoms with E-state index >= 15 is 0 Å². The van der Waals surface area contributed by atoms with Crippen LogP contribution in [0, 0.1) is 12.1 Å². The van der Waals surface area contributed by atoms with Crippen LogP contribution >= 0.6 is 0 Å². The van der Waals surface area contributed by atoms with Gasteiger partial charge in [0.25, 0.3) is 0 Å². The second-order valence-corrected chi connectivity index (χ2v) is 26.6. The zero-order valence-corrected chi connectivity index (χ0v) is 48.2. The van der Waals surface area contributed by atoms with E-state index in [1.54, 1.807) is 0 Å². The van der Waals surface area contributed by atoms with Gasteiger partial charge in [0.15, 0.2) is 0 Å². The number of anilines is 2. The minimum atomic E-state index is -1.56. The molecule has 1 unspecified atom stereocenters. The molecular weight excluding hydrogens is 1120 g/mol. The molecular formula is C70H64IrN3OSi. The number of fused-ring (bicyclic) bond motifs is 6. The van der Waals surface area contributed by atoms with Gasteiger partial charge in [-0.15, -0.1) is 52.2 Å². The molecule has 0 fully saturated rings. The van der Waals surface area contributed by atoms with Gasteiger partial charge in [-0.3, -0.25) is 0 Å². The summed E-state index contributed by atoms with van der Waals surface area (Å²) in [5.74, 6) is -0.903. The Morgan fingerprint density at radius 3 is 1.88 bits per heavy atom. The van der Waals surface area contributed by atoms with E-state index in [0.717, 1.165) is 100.0 Å². The summed E-state index contributed by atoms with van der Waals surface area (Å²) in [6.07, 6.45) is 1.53. The van der Waals surface area contributed by atoms with Crippen LogP contribution in [0.1, 0.15) is 90.4 Å². The van der Waals surface area contributed by atoms with E-state index in [9.17, 15) is 0 Å². The Morgan fingerprint density at radius 1 is 0.592 bits per heavy atom. The third kappa shape index (κ3) is 10.1. The summed E-state index contributed by atoms with van der Waals surface area (Å²) in [6.45, 7) is 18.9. The fraction of sp³-hybridized carbons (Fsp3) is 0.186. The molecule has 0 bridgehead atoms. The predicted molar refractivity (Wildman–Crippen MR) is 321 cm³/mol. The zero-order chi connectivity index (χ0) is 53.8. The standard InChI is InChI=1S/C50H36N2O.C20H28NSi.Ir/c1-32(2)37-22-25-41-46(31-37)53-49-42(27-26-39(47(41)49)34-16-8-4-9-17-34)50-51-48-40-21-13-12-20-36(40)23-29-45(48)52(50)44-28-24-38(33-14-6-3-7-15-33)30-43(44)35-18-10-5-11-19-35;1-14(2)16-8-10-17(11-9-16)19-12-18(15(3)4)20(13-21-19)22(5,6)7;/h3-26,28-32,50H,1-2H3;8-10,12-15H,1-7H3;/q-2;-1;+3/i;14D,15D;. The number of furan rings is 1. The van der Waals surface area contributed by atoms with Crippen molar-refractivity contribution in [1.82, 2.24) is 4.98 Å². The molecule has 1 aliphatic heterocycles. The van der Waals surface area contributed by atoms with Gasteiger partial charge < -0.3 is 19.6 Å². The van der Waals surface area contributed by atoms with Gasteiger partial charge in [0.1, 0.15) is 5.58 Å². The van der Waals surface area contributed by atoms with E-state index < -0.39 is 26.0 Å². The van der Waals surface area contributed by atoms with E-state index in [4.69, 9.17) is 12.5 Å². The van der Waals surface area contributed by atoms with Gasteiger partial charge in [-0.2, -0.15) is 12.1 Å². The van der Waals surface area contributed by atoms with Gasteiger partial charge in [-0.1, -0.05) is 229 Å². The molecule has 0 saturated carbocycles. The van der Waals surface area contributed by atoms with Crippen molar-refractivity contribution in [2.75, 3.05) is 4.90 Å². The third-order valence-electron chi connectivity index (χ3n) is 14.6. The van der Waals surface area contributed by atoms with Crippen LogP contribution in [0.2, 0.25) is 19.6 Å². The molecule has 6 heteroatoms. The summed E-state index contributed by atoms with van der Waals surface area (Å²) in [6, 6.07) is 75.4. The van der Waals surface area contributed by atoms with Gasteiger partial charge in [-0.05, 0) is 86.2 Å². The maximum atomic E-state index is 8.53. The van der Waals surface area contributed by atoms with Gasteiger partial charge in [0.05, 0.1) is 8.07 Å². The Hall–Kier alpha value is -7.34. The van der Waals surface area contributed by atoms with Crippen LogP contribution in [0.25, 0.3) is 82.7 Å². The normalized spacial score (nSPS) is 13.9. The molecule has 0 aliphatic carbocycles. The smallest absolute Gasteiger partial charge is 0.660 e. The van der Waals surface area contributed by atoms with E-state index in [2.05, 4.69) is 231 Å². The van der Waals surface area contributed by atoms with Gasteiger partial charge in [0.2, 0.25) is 0 Å². The predicted octanol–water partition coefficient (Wildman–Crippen LogP) is 19.9. The van der Waals surface area contributed by atoms with Crippen molar-refractivity contribution in [2.24, 2.45) is 0 Å². The number of pyridine rings is 1. The van der Waals surface area contributed by atoms with Crippen LogP contribution in [0.5, 0.6) is 0 Å². The second-order valence-electron chi connectivity index (χ2n) is 21.5. The molecule has 1 atom stereocenters. The number of benzene rings is 9. The number of hydrogen-bond donors (Lipinski definition) is 0. The molecule has 0 amide bonds. The number of hydrogen-bond acceptors (Lipinski definition) is 3.